The number of nitrogens with two attached hydrogens (primary N) is 1. The Morgan fingerprint density at radius 2 is 1.80 bits per heavy atom. The van der Waals surface area contributed by atoms with Gasteiger partial charge < -0.3 is 10.6 Å². The smallest absolute Gasteiger partial charge is 0.149 e. The van der Waals surface area contributed by atoms with Crippen molar-refractivity contribution in [2.75, 3.05) is 6.54 Å². The zero-order valence-electron chi connectivity index (χ0n) is 12.2. The van der Waals surface area contributed by atoms with Crippen LogP contribution in [0.2, 0.25) is 0 Å². The van der Waals surface area contributed by atoms with E-state index in [9.17, 15) is 0 Å². The highest BCUT2D eigenvalue weighted by Crippen LogP contribution is 2.20. The number of fused-ring (bicyclic) bond motifs is 1. The second-order valence-electron chi connectivity index (χ2n) is 4.99. The van der Waals surface area contributed by atoms with Gasteiger partial charge in [-0.1, -0.05) is 61.5 Å². The van der Waals surface area contributed by atoms with Crippen LogP contribution in [0, 0.1) is 0 Å². The van der Waals surface area contributed by atoms with E-state index in [4.69, 9.17) is 10.6 Å². The molecular weight excluding hydrogens is 248 g/mol. The average molecular weight is 270 g/mol. The van der Waals surface area contributed by atoms with Crippen LogP contribution in [-0.4, -0.2) is 18.4 Å². The summed E-state index contributed by atoms with van der Waals surface area (Å²) >= 11 is 0. The van der Waals surface area contributed by atoms with Crippen molar-refractivity contribution in [2.24, 2.45) is 10.9 Å². The zero-order chi connectivity index (χ0) is 14.4. The fraction of sp³-hybridized carbons (Fsp3) is 0.353. The molecule has 0 aliphatic carbocycles. The molecule has 3 heteroatoms. The molecule has 0 amide bonds. The molecule has 2 N–H and O–H groups in total. The average Bonchev–Trinajstić information content (AvgIpc) is 2.52. The monoisotopic (exact) mass is 270 g/mol. The van der Waals surface area contributed by atoms with Crippen molar-refractivity contribution >= 4 is 17.0 Å². The van der Waals surface area contributed by atoms with Crippen molar-refractivity contribution in [2.45, 2.75) is 32.3 Å². The molecule has 0 spiro atoms. The van der Waals surface area contributed by atoms with Crippen molar-refractivity contribution in [3.8, 4) is 0 Å². The first-order chi connectivity index (χ1) is 9.74. The molecule has 0 heterocycles. The summed E-state index contributed by atoms with van der Waals surface area (Å²) in [5.41, 5.74) is 6.51. The summed E-state index contributed by atoms with van der Waals surface area (Å²) in [6, 6.07) is 14.4. The van der Waals surface area contributed by atoms with Gasteiger partial charge in [0.05, 0.1) is 6.21 Å². The van der Waals surface area contributed by atoms with Crippen LogP contribution < -0.4 is 5.73 Å². The summed E-state index contributed by atoms with van der Waals surface area (Å²) in [6.45, 7) is 4.63. The quantitative estimate of drug-likeness (QED) is 0.642. The van der Waals surface area contributed by atoms with Crippen LogP contribution in [-0.2, 0) is 4.84 Å². The predicted molar refractivity (Wildman–Crippen MR) is 85.0 cm³/mol. The Kier molecular flexibility index (Phi) is 4.74. The molecule has 0 aliphatic heterocycles. The second kappa shape index (κ2) is 6.53. The third kappa shape index (κ3) is 2.99. The maximum absolute atomic E-state index is 5.80. The van der Waals surface area contributed by atoms with Crippen LogP contribution in [0.5, 0.6) is 0 Å². The third-order valence-corrected chi connectivity index (χ3v) is 3.92. The fourth-order valence-electron chi connectivity index (χ4n) is 2.26. The van der Waals surface area contributed by atoms with Gasteiger partial charge in [0.1, 0.15) is 5.60 Å². The number of oxime groups is 1. The zero-order valence-corrected chi connectivity index (χ0v) is 12.2. The van der Waals surface area contributed by atoms with Crippen LogP contribution in [0.4, 0.5) is 0 Å². The highest BCUT2D eigenvalue weighted by molar-refractivity contribution is 5.99. The van der Waals surface area contributed by atoms with Gasteiger partial charge in [-0.05, 0) is 23.6 Å². The minimum absolute atomic E-state index is 0.346. The van der Waals surface area contributed by atoms with Crippen molar-refractivity contribution < 1.29 is 4.84 Å². The molecular formula is C17H22N2O. The molecule has 0 unspecified atom stereocenters. The van der Waals surface area contributed by atoms with Crippen LogP contribution >= 0.6 is 0 Å². The topological polar surface area (TPSA) is 47.6 Å². The van der Waals surface area contributed by atoms with Crippen molar-refractivity contribution in [3.63, 3.8) is 0 Å². The summed E-state index contributed by atoms with van der Waals surface area (Å²) in [5.74, 6) is 0. The Morgan fingerprint density at radius 1 is 1.10 bits per heavy atom. The lowest BCUT2D eigenvalue weighted by Gasteiger charge is -2.27. The third-order valence-electron chi connectivity index (χ3n) is 3.92. The Morgan fingerprint density at radius 3 is 2.50 bits per heavy atom. The maximum atomic E-state index is 5.80. The van der Waals surface area contributed by atoms with E-state index in [1.165, 1.54) is 10.8 Å². The van der Waals surface area contributed by atoms with Gasteiger partial charge in [0.25, 0.3) is 0 Å². The molecule has 0 bridgehead atoms. The van der Waals surface area contributed by atoms with E-state index < -0.39 is 0 Å². The Balaban J connectivity index is 2.22. The molecule has 0 fully saturated rings. The molecule has 0 radical (unpaired) electrons. The minimum atomic E-state index is -0.346. The van der Waals surface area contributed by atoms with Gasteiger partial charge in [-0.3, -0.25) is 0 Å². The minimum Gasteiger partial charge on any atom is -0.388 e. The predicted octanol–water partition coefficient (Wildman–Crippen LogP) is 3.71. The lowest BCUT2D eigenvalue weighted by atomic mass is 9.98. The molecule has 0 aliphatic rings. The largest absolute Gasteiger partial charge is 0.388 e. The van der Waals surface area contributed by atoms with Gasteiger partial charge >= 0.3 is 0 Å². The highest BCUT2D eigenvalue weighted by Gasteiger charge is 2.26. The van der Waals surface area contributed by atoms with Crippen LogP contribution in [0.1, 0.15) is 32.3 Å². The van der Waals surface area contributed by atoms with Gasteiger partial charge in [0, 0.05) is 12.1 Å². The highest BCUT2D eigenvalue weighted by atomic mass is 16.6. The standard InChI is InChI=1S/C17H22N2O/c1-3-17(4-2,13-18)20-19-12-15-10-7-9-14-8-5-6-11-16(14)15/h5-12H,3-4,13,18H2,1-2H3/b19-12+. The van der Waals surface area contributed by atoms with Gasteiger partial charge in [-0.25, -0.2) is 0 Å². The Labute approximate surface area is 120 Å². The number of hydrogen-bond acceptors (Lipinski definition) is 3. The summed E-state index contributed by atoms with van der Waals surface area (Å²) in [6.07, 6.45) is 3.48. The molecule has 2 aromatic rings. The van der Waals surface area contributed by atoms with E-state index in [0.29, 0.717) is 6.54 Å². The Hall–Kier alpha value is -1.87. The molecule has 2 rings (SSSR count). The van der Waals surface area contributed by atoms with E-state index in [2.05, 4.69) is 37.2 Å². The number of nitrogens with zero attached hydrogens (tertiary/aromatic N) is 1. The van der Waals surface area contributed by atoms with Crippen LogP contribution in [0.25, 0.3) is 10.8 Å². The van der Waals surface area contributed by atoms with Crippen LogP contribution in [0.3, 0.4) is 0 Å². The number of benzene rings is 2. The van der Waals surface area contributed by atoms with Gasteiger partial charge in [-0.2, -0.15) is 0 Å². The van der Waals surface area contributed by atoms with Gasteiger partial charge in [-0.15, -0.1) is 0 Å². The van der Waals surface area contributed by atoms with Crippen molar-refractivity contribution in [3.05, 3.63) is 48.0 Å². The number of hydrogen-bond donors (Lipinski definition) is 1. The number of rotatable bonds is 6. The van der Waals surface area contributed by atoms with Gasteiger partial charge in [0.2, 0.25) is 0 Å². The lowest BCUT2D eigenvalue weighted by molar-refractivity contribution is -0.0410. The SMILES string of the molecule is CCC(CC)(CN)O/N=C/c1cccc2ccccc12. The first-order valence-corrected chi connectivity index (χ1v) is 7.14. The van der Waals surface area contributed by atoms with Crippen molar-refractivity contribution in [1.82, 2.24) is 0 Å². The maximum Gasteiger partial charge on any atom is 0.149 e. The summed E-state index contributed by atoms with van der Waals surface area (Å²) in [7, 11) is 0. The molecule has 0 atom stereocenters. The van der Waals surface area contributed by atoms with Crippen molar-refractivity contribution in [1.29, 1.82) is 0 Å². The van der Waals surface area contributed by atoms with E-state index in [0.717, 1.165) is 18.4 Å². The lowest BCUT2D eigenvalue weighted by Crippen LogP contribution is -2.38. The normalized spacial score (nSPS) is 12.2. The first kappa shape index (κ1) is 14.5. The fourth-order valence-corrected chi connectivity index (χ4v) is 2.26. The van der Waals surface area contributed by atoms with Crippen LogP contribution in [0.15, 0.2) is 47.6 Å². The second-order valence-corrected chi connectivity index (χ2v) is 4.99. The Bertz CT molecular complexity index is 575. The summed E-state index contributed by atoms with van der Waals surface area (Å²) in [4.78, 5) is 5.67. The molecule has 2 aromatic carbocycles. The molecule has 106 valence electrons. The molecule has 3 nitrogen and oxygen atoms in total. The van der Waals surface area contributed by atoms with E-state index in [-0.39, 0.29) is 5.60 Å². The molecule has 0 aromatic heterocycles. The van der Waals surface area contributed by atoms with E-state index >= 15 is 0 Å². The first-order valence-electron chi connectivity index (χ1n) is 7.14. The molecule has 0 saturated carbocycles. The summed E-state index contributed by atoms with van der Waals surface area (Å²) in [5, 5.41) is 6.55. The molecule has 20 heavy (non-hydrogen) atoms. The summed E-state index contributed by atoms with van der Waals surface area (Å²) < 4.78 is 0. The molecule has 0 saturated heterocycles. The van der Waals surface area contributed by atoms with E-state index in [1.54, 1.807) is 6.21 Å². The van der Waals surface area contributed by atoms with Gasteiger partial charge in [0.15, 0.2) is 0 Å². The van der Waals surface area contributed by atoms with E-state index in [1.807, 2.05) is 24.3 Å².